The minimum Gasteiger partial charge on any atom is -0.484 e. The van der Waals surface area contributed by atoms with Gasteiger partial charge in [0, 0.05) is 24.2 Å². The number of carbonyl (C=O) groups excluding carboxylic acids is 2. The van der Waals surface area contributed by atoms with Crippen LogP contribution in [0.15, 0.2) is 54.6 Å². The third-order valence-electron chi connectivity index (χ3n) is 5.68. The van der Waals surface area contributed by atoms with E-state index in [9.17, 15) is 9.59 Å². The Morgan fingerprint density at radius 3 is 2.53 bits per heavy atom. The van der Waals surface area contributed by atoms with E-state index >= 15 is 0 Å². The number of likely N-dealkylation sites (tertiary alicyclic amines) is 1. The summed E-state index contributed by atoms with van der Waals surface area (Å²) < 4.78 is 5.65. The fraction of sp³-hybridized carbons (Fsp3) is 0.417. The molecule has 2 aromatic rings. The molecule has 6 nitrogen and oxygen atoms in total. The first-order chi connectivity index (χ1) is 14.7. The van der Waals surface area contributed by atoms with Crippen LogP contribution in [0.5, 0.6) is 5.75 Å². The fourth-order valence-corrected chi connectivity index (χ4v) is 3.85. The van der Waals surface area contributed by atoms with Crippen molar-refractivity contribution in [2.24, 2.45) is 5.92 Å². The Hall–Kier alpha value is -2.86. The maximum Gasteiger partial charge on any atom is 0.258 e. The highest BCUT2D eigenvalue weighted by Gasteiger charge is 2.29. The van der Waals surface area contributed by atoms with Gasteiger partial charge in [0.1, 0.15) is 5.75 Å². The molecule has 6 heteroatoms. The van der Waals surface area contributed by atoms with Gasteiger partial charge >= 0.3 is 0 Å². The van der Waals surface area contributed by atoms with Gasteiger partial charge in [-0.1, -0.05) is 36.4 Å². The van der Waals surface area contributed by atoms with Gasteiger partial charge in [0.25, 0.3) is 5.91 Å². The molecule has 1 saturated carbocycles. The van der Waals surface area contributed by atoms with E-state index in [1.54, 1.807) is 12.1 Å². The molecule has 1 heterocycles. The first kappa shape index (κ1) is 20.4. The molecule has 2 aliphatic rings. The second-order valence-electron chi connectivity index (χ2n) is 8.05. The molecule has 2 N–H and O–H groups in total. The van der Waals surface area contributed by atoms with Crippen molar-refractivity contribution in [3.05, 3.63) is 60.2 Å². The van der Waals surface area contributed by atoms with Crippen LogP contribution in [0.3, 0.4) is 0 Å². The van der Waals surface area contributed by atoms with Crippen molar-refractivity contribution in [3.63, 3.8) is 0 Å². The van der Waals surface area contributed by atoms with Gasteiger partial charge < -0.3 is 15.4 Å². The number of hydrogen-bond acceptors (Lipinski definition) is 4. The van der Waals surface area contributed by atoms with Crippen LogP contribution in [0.4, 0.5) is 5.69 Å². The highest BCUT2D eigenvalue weighted by atomic mass is 16.5. The molecule has 1 aliphatic heterocycles. The van der Waals surface area contributed by atoms with Crippen molar-refractivity contribution in [1.82, 2.24) is 10.2 Å². The maximum absolute atomic E-state index is 12.4. The summed E-state index contributed by atoms with van der Waals surface area (Å²) in [7, 11) is 0. The molecule has 1 atom stereocenters. The Bertz CT molecular complexity index is 861. The zero-order chi connectivity index (χ0) is 20.8. The summed E-state index contributed by atoms with van der Waals surface area (Å²) in [4.78, 5) is 26.7. The van der Waals surface area contributed by atoms with Crippen molar-refractivity contribution in [1.29, 1.82) is 0 Å². The maximum atomic E-state index is 12.4. The van der Waals surface area contributed by atoms with Crippen molar-refractivity contribution in [2.45, 2.75) is 31.7 Å². The third kappa shape index (κ3) is 5.60. The van der Waals surface area contributed by atoms with E-state index in [0.717, 1.165) is 25.9 Å². The molecule has 4 rings (SSSR count). The van der Waals surface area contributed by atoms with Crippen molar-refractivity contribution < 1.29 is 14.3 Å². The average molecular weight is 408 g/mol. The fourth-order valence-electron chi connectivity index (χ4n) is 3.85. The van der Waals surface area contributed by atoms with Crippen LogP contribution in [-0.2, 0) is 9.59 Å². The number of ether oxygens (including phenoxy) is 1. The lowest BCUT2D eigenvalue weighted by Crippen LogP contribution is -2.38. The van der Waals surface area contributed by atoms with E-state index < -0.39 is 0 Å². The average Bonchev–Trinajstić information content (AvgIpc) is 3.49. The lowest BCUT2D eigenvalue weighted by atomic mass is 10.1. The first-order valence-corrected chi connectivity index (χ1v) is 10.8. The SMILES string of the molecule is O=C(COc1cccc(NC(=O)C2CC2)c1)NCC(c1ccccc1)N1CCCC1. The molecular weight excluding hydrogens is 378 g/mol. The van der Waals surface area contributed by atoms with E-state index in [-0.39, 0.29) is 30.4 Å². The van der Waals surface area contributed by atoms with Crippen LogP contribution >= 0.6 is 0 Å². The lowest BCUT2D eigenvalue weighted by molar-refractivity contribution is -0.123. The number of hydrogen-bond donors (Lipinski definition) is 2. The van der Waals surface area contributed by atoms with Crippen molar-refractivity contribution in [3.8, 4) is 5.75 Å². The minimum absolute atomic E-state index is 0.0540. The summed E-state index contributed by atoms with van der Waals surface area (Å²) in [5, 5.41) is 5.92. The van der Waals surface area contributed by atoms with Crippen LogP contribution in [0, 0.1) is 5.92 Å². The van der Waals surface area contributed by atoms with Crippen LogP contribution < -0.4 is 15.4 Å². The van der Waals surface area contributed by atoms with Crippen molar-refractivity contribution in [2.75, 3.05) is 31.6 Å². The molecule has 0 aromatic heterocycles. The molecule has 0 bridgehead atoms. The largest absolute Gasteiger partial charge is 0.484 e. The smallest absolute Gasteiger partial charge is 0.258 e. The molecule has 0 spiro atoms. The number of anilines is 1. The standard InChI is InChI=1S/C24H29N3O3/c28-23(17-30-21-10-6-9-20(15-21)26-24(29)19-11-12-19)25-16-22(27-13-4-5-14-27)18-7-2-1-3-8-18/h1-3,6-10,15,19,22H,4-5,11-14,16-17H2,(H,25,28)(H,26,29). The summed E-state index contributed by atoms with van der Waals surface area (Å²) in [6, 6.07) is 17.7. The number of amides is 2. The molecule has 158 valence electrons. The Labute approximate surface area is 177 Å². The Balaban J connectivity index is 1.28. The van der Waals surface area contributed by atoms with Gasteiger partial charge in [-0.25, -0.2) is 0 Å². The summed E-state index contributed by atoms with van der Waals surface area (Å²) in [5.41, 5.74) is 1.92. The lowest BCUT2D eigenvalue weighted by Gasteiger charge is -2.28. The van der Waals surface area contributed by atoms with Gasteiger partial charge in [0.2, 0.25) is 5.91 Å². The van der Waals surface area contributed by atoms with Gasteiger partial charge in [-0.2, -0.15) is 0 Å². The number of rotatable bonds is 9. The summed E-state index contributed by atoms with van der Waals surface area (Å²) in [5.74, 6) is 0.618. The quantitative estimate of drug-likeness (QED) is 0.669. The van der Waals surface area contributed by atoms with E-state index in [4.69, 9.17) is 4.74 Å². The molecule has 1 aliphatic carbocycles. The van der Waals surface area contributed by atoms with E-state index in [1.807, 2.05) is 30.3 Å². The van der Waals surface area contributed by atoms with Gasteiger partial charge in [0.05, 0.1) is 6.04 Å². The Morgan fingerprint density at radius 1 is 1.03 bits per heavy atom. The zero-order valence-electron chi connectivity index (χ0n) is 17.2. The second-order valence-corrected chi connectivity index (χ2v) is 8.05. The molecule has 2 fully saturated rings. The van der Waals surface area contributed by atoms with E-state index in [1.165, 1.54) is 18.4 Å². The second kappa shape index (κ2) is 9.76. The normalized spacial score (nSPS) is 17.3. The molecule has 1 unspecified atom stereocenters. The Morgan fingerprint density at radius 2 is 1.80 bits per heavy atom. The van der Waals surface area contributed by atoms with E-state index in [2.05, 4.69) is 27.7 Å². The van der Waals surface area contributed by atoms with E-state index in [0.29, 0.717) is 18.0 Å². The number of carbonyl (C=O) groups is 2. The first-order valence-electron chi connectivity index (χ1n) is 10.8. The van der Waals surface area contributed by atoms with Crippen LogP contribution in [0.1, 0.15) is 37.3 Å². The predicted molar refractivity (Wildman–Crippen MR) is 116 cm³/mol. The van der Waals surface area contributed by atoms with Crippen LogP contribution in [0.25, 0.3) is 0 Å². The summed E-state index contributed by atoms with van der Waals surface area (Å²) in [6.07, 6.45) is 4.33. The number of nitrogens with one attached hydrogen (secondary N) is 2. The monoisotopic (exact) mass is 407 g/mol. The topological polar surface area (TPSA) is 70.7 Å². The summed E-state index contributed by atoms with van der Waals surface area (Å²) in [6.45, 7) is 2.63. The molecule has 1 saturated heterocycles. The van der Waals surface area contributed by atoms with Crippen LogP contribution in [0.2, 0.25) is 0 Å². The molecular formula is C24H29N3O3. The van der Waals surface area contributed by atoms with Crippen molar-refractivity contribution >= 4 is 17.5 Å². The van der Waals surface area contributed by atoms with Gasteiger partial charge in [-0.05, 0) is 56.5 Å². The minimum atomic E-state index is -0.150. The highest BCUT2D eigenvalue weighted by molar-refractivity contribution is 5.94. The van der Waals surface area contributed by atoms with Crippen LogP contribution in [-0.4, -0.2) is 43.0 Å². The highest BCUT2D eigenvalue weighted by Crippen LogP contribution is 2.30. The molecule has 30 heavy (non-hydrogen) atoms. The molecule has 2 amide bonds. The summed E-state index contributed by atoms with van der Waals surface area (Å²) >= 11 is 0. The predicted octanol–water partition coefficient (Wildman–Crippen LogP) is 3.37. The zero-order valence-corrected chi connectivity index (χ0v) is 17.2. The van der Waals surface area contributed by atoms with Gasteiger partial charge in [-0.3, -0.25) is 14.5 Å². The number of nitrogens with zero attached hydrogens (tertiary/aromatic N) is 1. The molecule has 2 aromatic carbocycles. The van der Waals surface area contributed by atoms with Gasteiger partial charge in [-0.15, -0.1) is 0 Å². The number of benzene rings is 2. The van der Waals surface area contributed by atoms with Gasteiger partial charge in [0.15, 0.2) is 6.61 Å². The molecule has 0 radical (unpaired) electrons. The Kier molecular flexibility index (Phi) is 6.64. The third-order valence-corrected chi connectivity index (χ3v) is 5.68.